The monoisotopic (exact) mass is 309 g/mol. The van der Waals surface area contributed by atoms with Gasteiger partial charge >= 0.3 is 0 Å². The number of pyridine rings is 1. The second kappa shape index (κ2) is 3.31. The summed E-state index contributed by atoms with van der Waals surface area (Å²) in [4.78, 5) is 4.06. The smallest absolute Gasteiger partial charge is 0.155 e. The zero-order valence-corrected chi connectivity index (χ0v) is 9.37. The second-order valence-corrected chi connectivity index (χ2v) is 4.16. The molecule has 0 spiro atoms. The normalized spacial score (nSPS) is 10.6. The van der Waals surface area contributed by atoms with Crippen LogP contribution in [0.4, 0.5) is 0 Å². The van der Waals surface area contributed by atoms with Crippen molar-refractivity contribution in [3.63, 3.8) is 0 Å². The molecule has 1 heterocycles. The minimum atomic E-state index is 0.195. The summed E-state index contributed by atoms with van der Waals surface area (Å²) in [5, 5.41) is 11.0. The van der Waals surface area contributed by atoms with Crippen molar-refractivity contribution in [2.45, 2.75) is 0 Å². The molecular weight excluding hydrogens is 304 g/mol. The molecule has 1 aromatic carbocycles. The van der Waals surface area contributed by atoms with Crippen LogP contribution in [0.1, 0.15) is 0 Å². The van der Waals surface area contributed by atoms with Gasteiger partial charge in [0.15, 0.2) is 5.75 Å². The molecule has 0 aliphatic heterocycles. The number of hydrogen-bond acceptors (Lipinski definition) is 2. The van der Waals surface area contributed by atoms with Gasteiger partial charge in [-0.2, -0.15) is 0 Å². The van der Waals surface area contributed by atoms with E-state index in [1.165, 1.54) is 0 Å². The van der Waals surface area contributed by atoms with Crippen molar-refractivity contribution in [1.29, 1.82) is 0 Å². The Hall–Kier alpha value is -0.550. The van der Waals surface area contributed by atoms with Gasteiger partial charge in [-0.15, -0.1) is 0 Å². The minimum absolute atomic E-state index is 0.195. The Bertz CT molecular complexity index is 472. The maximum Gasteiger partial charge on any atom is 0.155 e. The topological polar surface area (TPSA) is 33.1 Å². The summed E-state index contributed by atoms with van der Waals surface area (Å²) < 4.78 is 0.716. The van der Waals surface area contributed by atoms with Gasteiger partial charge < -0.3 is 5.11 Å². The number of hydrogen-bond donors (Lipinski definition) is 1. The number of benzene rings is 1. The van der Waals surface area contributed by atoms with Gasteiger partial charge in [0.2, 0.25) is 0 Å². The number of aromatic hydroxyl groups is 1. The highest BCUT2D eigenvalue weighted by Crippen LogP contribution is 2.33. The third-order valence-electron chi connectivity index (χ3n) is 1.77. The number of phenolic OH excluding ortho intramolecular Hbond substituents is 1. The van der Waals surface area contributed by atoms with Gasteiger partial charge in [-0.05, 0) is 40.8 Å². The van der Waals surface area contributed by atoms with E-state index in [9.17, 15) is 5.11 Å². The van der Waals surface area contributed by atoms with Crippen LogP contribution in [0.5, 0.6) is 5.75 Å². The first-order valence-corrected chi connectivity index (χ1v) is 5.07. The van der Waals surface area contributed by atoms with E-state index < -0.39 is 0 Å². The first-order valence-electron chi connectivity index (χ1n) is 3.62. The zero-order valence-electron chi connectivity index (χ0n) is 6.46. The second-order valence-electron chi connectivity index (χ2n) is 2.59. The molecular formula is C9H5ClINO. The Morgan fingerprint density at radius 1 is 1.46 bits per heavy atom. The molecule has 0 bridgehead atoms. The third-order valence-corrected chi connectivity index (χ3v) is 2.90. The molecule has 1 aromatic heterocycles. The van der Waals surface area contributed by atoms with Crippen LogP contribution in [0.3, 0.4) is 0 Å². The number of nitrogens with zero attached hydrogens (tertiary/aromatic N) is 1. The molecule has 0 radical (unpaired) electrons. The Morgan fingerprint density at radius 3 is 3.00 bits per heavy atom. The van der Waals surface area contributed by atoms with E-state index in [2.05, 4.69) is 4.98 Å². The fourth-order valence-electron chi connectivity index (χ4n) is 1.16. The lowest BCUT2D eigenvalue weighted by Gasteiger charge is -2.03. The van der Waals surface area contributed by atoms with Crippen LogP contribution in [-0.4, -0.2) is 10.1 Å². The quantitative estimate of drug-likeness (QED) is 0.758. The van der Waals surface area contributed by atoms with Crippen LogP contribution in [0.15, 0.2) is 24.4 Å². The molecule has 0 fully saturated rings. The Labute approximate surface area is 93.7 Å². The van der Waals surface area contributed by atoms with Crippen LogP contribution in [0.2, 0.25) is 5.02 Å². The van der Waals surface area contributed by atoms with Crippen molar-refractivity contribution >= 4 is 45.1 Å². The summed E-state index contributed by atoms with van der Waals surface area (Å²) in [5.41, 5.74) is 0.555. The number of fused-ring (bicyclic) bond motifs is 1. The van der Waals surface area contributed by atoms with E-state index in [0.29, 0.717) is 14.1 Å². The van der Waals surface area contributed by atoms with Crippen molar-refractivity contribution in [3.8, 4) is 5.75 Å². The van der Waals surface area contributed by atoms with Crippen molar-refractivity contribution < 1.29 is 5.11 Å². The molecule has 0 aliphatic carbocycles. The SMILES string of the molecule is Oc1c([131I])cc(Cl)c2cccnc12. The van der Waals surface area contributed by atoms with E-state index >= 15 is 0 Å². The first kappa shape index (κ1) is 9.02. The fraction of sp³-hybridized carbons (Fsp3) is 0. The summed E-state index contributed by atoms with van der Waals surface area (Å²) in [7, 11) is 0. The molecule has 0 aliphatic rings. The number of aromatic nitrogens is 1. The lowest BCUT2D eigenvalue weighted by atomic mass is 10.2. The standard InChI is InChI=1S/C9H5ClINO/c10-6-4-7(11)9(13)8-5(6)2-1-3-12-8/h1-4,13H/i11+4. The van der Waals surface area contributed by atoms with Gasteiger partial charge in [0.05, 0.1) is 8.59 Å². The van der Waals surface area contributed by atoms with Crippen LogP contribution in [0, 0.1) is 3.57 Å². The largest absolute Gasteiger partial charge is 0.505 e. The van der Waals surface area contributed by atoms with Gasteiger partial charge in [-0.3, -0.25) is 4.98 Å². The summed E-state index contributed by atoms with van der Waals surface area (Å²) >= 11 is 8.00. The van der Waals surface area contributed by atoms with E-state index in [4.69, 9.17) is 11.6 Å². The molecule has 2 aromatic rings. The highest BCUT2D eigenvalue weighted by atomic mass is 131. The summed E-state index contributed by atoms with van der Waals surface area (Å²) in [6.07, 6.45) is 1.63. The van der Waals surface area contributed by atoms with E-state index in [0.717, 1.165) is 5.39 Å². The third kappa shape index (κ3) is 1.46. The highest BCUT2D eigenvalue weighted by Gasteiger charge is 2.08. The Kier molecular flexibility index (Phi) is 2.29. The molecule has 0 atom stereocenters. The van der Waals surface area contributed by atoms with Gasteiger partial charge in [0.25, 0.3) is 0 Å². The number of phenols is 1. The maximum absolute atomic E-state index is 9.65. The maximum atomic E-state index is 9.65. The highest BCUT2D eigenvalue weighted by molar-refractivity contribution is 14.1. The molecule has 1 N–H and O–H groups in total. The van der Waals surface area contributed by atoms with Crippen molar-refractivity contribution in [2.24, 2.45) is 0 Å². The van der Waals surface area contributed by atoms with Crippen LogP contribution >= 0.6 is 34.2 Å². The predicted octanol–water partition coefficient (Wildman–Crippen LogP) is 3.20. The van der Waals surface area contributed by atoms with Crippen LogP contribution in [0.25, 0.3) is 10.9 Å². The Balaban J connectivity index is 2.97. The molecule has 2 nitrogen and oxygen atoms in total. The van der Waals surface area contributed by atoms with Crippen LogP contribution in [-0.2, 0) is 0 Å². The predicted molar refractivity (Wildman–Crippen MR) is 61.1 cm³/mol. The molecule has 0 amide bonds. The van der Waals surface area contributed by atoms with Gasteiger partial charge in [0, 0.05) is 11.6 Å². The molecule has 2 rings (SSSR count). The van der Waals surface area contributed by atoms with Gasteiger partial charge in [0.1, 0.15) is 5.52 Å². The lowest BCUT2D eigenvalue weighted by Crippen LogP contribution is -1.83. The van der Waals surface area contributed by atoms with E-state index in [-0.39, 0.29) is 5.75 Å². The fourth-order valence-corrected chi connectivity index (χ4v) is 2.17. The summed E-state index contributed by atoms with van der Waals surface area (Å²) in [6, 6.07) is 5.35. The number of rotatable bonds is 0. The Morgan fingerprint density at radius 2 is 2.23 bits per heavy atom. The summed E-state index contributed by atoms with van der Waals surface area (Å²) in [6.45, 7) is 0. The van der Waals surface area contributed by atoms with Crippen LogP contribution < -0.4 is 0 Å². The van der Waals surface area contributed by atoms with E-state index in [1.54, 1.807) is 18.3 Å². The molecule has 0 unspecified atom stereocenters. The average Bonchev–Trinajstić information content (AvgIpc) is 2.15. The first-order chi connectivity index (χ1) is 6.20. The minimum Gasteiger partial charge on any atom is -0.505 e. The molecule has 4 heteroatoms. The average molecular weight is 310 g/mol. The van der Waals surface area contributed by atoms with Crippen molar-refractivity contribution in [3.05, 3.63) is 33.0 Å². The van der Waals surface area contributed by atoms with E-state index in [1.807, 2.05) is 28.7 Å². The van der Waals surface area contributed by atoms with Gasteiger partial charge in [-0.1, -0.05) is 11.6 Å². The molecule has 0 saturated carbocycles. The van der Waals surface area contributed by atoms with Crippen molar-refractivity contribution in [2.75, 3.05) is 0 Å². The van der Waals surface area contributed by atoms with Gasteiger partial charge in [-0.25, -0.2) is 0 Å². The molecule has 13 heavy (non-hydrogen) atoms. The zero-order chi connectivity index (χ0) is 9.42. The lowest BCUT2D eigenvalue weighted by molar-refractivity contribution is 0.476. The molecule has 66 valence electrons. The molecule has 0 saturated heterocycles. The van der Waals surface area contributed by atoms with Crippen molar-refractivity contribution in [1.82, 2.24) is 4.98 Å². The number of halogens is 2. The summed E-state index contributed by atoms with van der Waals surface area (Å²) in [5.74, 6) is 0.195.